The number of ether oxygens (including phenoxy) is 1. The lowest BCUT2D eigenvalue weighted by molar-refractivity contribution is 0.331. The van der Waals surface area contributed by atoms with E-state index in [0.29, 0.717) is 18.0 Å². The lowest BCUT2D eigenvalue weighted by atomic mass is 10.2. The molecule has 0 spiro atoms. The number of sulfonamides is 1. The van der Waals surface area contributed by atoms with Crippen LogP contribution in [-0.4, -0.2) is 20.1 Å². The van der Waals surface area contributed by atoms with Gasteiger partial charge < -0.3 is 9.84 Å². The van der Waals surface area contributed by atoms with Crippen LogP contribution in [0.1, 0.15) is 12.5 Å². The number of phenolic OH excluding ortho intramolecular Hbond substituents is 1. The Balaban J connectivity index is 2.41. The highest BCUT2D eigenvalue weighted by atomic mass is 32.2. The molecule has 5 nitrogen and oxygen atoms in total. The van der Waals surface area contributed by atoms with E-state index in [1.807, 2.05) is 6.92 Å². The van der Waals surface area contributed by atoms with Crippen LogP contribution in [-0.2, 0) is 10.0 Å². The van der Waals surface area contributed by atoms with Gasteiger partial charge in [-0.1, -0.05) is 12.1 Å². The second kappa shape index (κ2) is 6.05. The summed E-state index contributed by atoms with van der Waals surface area (Å²) < 4.78 is 32.8. The van der Waals surface area contributed by atoms with Gasteiger partial charge in [-0.2, -0.15) is 0 Å². The Kier molecular flexibility index (Phi) is 4.37. The molecule has 0 aliphatic heterocycles. The van der Waals surface area contributed by atoms with E-state index in [-0.39, 0.29) is 10.6 Å². The largest absolute Gasteiger partial charge is 0.508 e. The zero-order chi connectivity index (χ0) is 15.5. The van der Waals surface area contributed by atoms with Gasteiger partial charge in [0, 0.05) is 6.07 Å². The normalized spacial score (nSPS) is 11.1. The minimum atomic E-state index is -3.79. The monoisotopic (exact) mass is 307 g/mol. The molecule has 0 bridgehead atoms. The molecule has 0 unspecified atom stereocenters. The number of aryl methyl sites for hydroxylation is 1. The highest BCUT2D eigenvalue weighted by molar-refractivity contribution is 7.92. The summed E-state index contributed by atoms with van der Waals surface area (Å²) in [5.41, 5.74) is 1.11. The number of nitrogens with one attached hydrogen (secondary N) is 1. The van der Waals surface area contributed by atoms with Crippen LogP contribution in [0.3, 0.4) is 0 Å². The third-order valence-corrected chi connectivity index (χ3v) is 4.19. The van der Waals surface area contributed by atoms with Crippen molar-refractivity contribution in [2.75, 3.05) is 11.3 Å². The van der Waals surface area contributed by atoms with Crippen LogP contribution in [0.25, 0.3) is 0 Å². The Morgan fingerprint density at radius 1 is 1.19 bits per heavy atom. The standard InChI is InChI=1S/C15H17NO4S/c1-3-20-14-8-7-11(2)9-15(14)21(18,19)16-12-5-4-6-13(17)10-12/h4-10,16-17H,3H2,1-2H3. The molecule has 0 saturated carbocycles. The smallest absolute Gasteiger partial charge is 0.265 e. The molecule has 0 saturated heterocycles. The average Bonchev–Trinajstić information content (AvgIpc) is 2.40. The Bertz CT molecular complexity index is 741. The molecule has 112 valence electrons. The molecule has 0 radical (unpaired) electrons. The van der Waals surface area contributed by atoms with Gasteiger partial charge in [-0.3, -0.25) is 4.72 Å². The molecule has 2 aromatic rings. The summed E-state index contributed by atoms with van der Waals surface area (Å²) in [7, 11) is -3.79. The first-order chi connectivity index (χ1) is 9.92. The number of phenols is 1. The Morgan fingerprint density at radius 3 is 2.62 bits per heavy atom. The van der Waals surface area contributed by atoms with Crippen LogP contribution in [0.2, 0.25) is 0 Å². The van der Waals surface area contributed by atoms with Gasteiger partial charge in [0.15, 0.2) is 0 Å². The van der Waals surface area contributed by atoms with Crippen molar-refractivity contribution in [3.05, 3.63) is 48.0 Å². The average molecular weight is 307 g/mol. The molecular weight excluding hydrogens is 290 g/mol. The van der Waals surface area contributed by atoms with Crippen molar-refractivity contribution in [3.8, 4) is 11.5 Å². The number of anilines is 1. The summed E-state index contributed by atoms with van der Waals surface area (Å²) >= 11 is 0. The van der Waals surface area contributed by atoms with Crippen molar-refractivity contribution in [3.63, 3.8) is 0 Å². The van der Waals surface area contributed by atoms with Gasteiger partial charge >= 0.3 is 0 Å². The highest BCUT2D eigenvalue weighted by Crippen LogP contribution is 2.27. The molecule has 0 fully saturated rings. The summed E-state index contributed by atoms with van der Waals surface area (Å²) in [4.78, 5) is 0.0766. The third kappa shape index (κ3) is 3.66. The van der Waals surface area contributed by atoms with E-state index in [9.17, 15) is 13.5 Å². The van der Waals surface area contributed by atoms with Gasteiger partial charge in [0.2, 0.25) is 0 Å². The molecule has 0 aliphatic carbocycles. The maximum atomic E-state index is 12.5. The predicted octanol–water partition coefficient (Wildman–Crippen LogP) is 2.90. The Morgan fingerprint density at radius 2 is 1.95 bits per heavy atom. The van der Waals surface area contributed by atoms with E-state index in [2.05, 4.69) is 4.72 Å². The van der Waals surface area contributed by atoms with Crippen molar-refractivity contribution in [1.29, 1.82) is 0 Å². The molecular formula is C15H17NO4S. The van der Waals surface area contributed by atoms with Gasteiger partial charge in [-0.15, -0.1) is 0 Å². The van der Waals surface area contributed by atoms with Gasteiger partial charge in [0.25, 0.3) is 10.0 Å². The number of benzene rings is 2. The first-order valence-electron chi connectivity index (χ1n) is 6.47. The molecule has 0 amide bonds. The summed E-state index contributed by atoms with van der Waals surface area (Å²) in [6.45, 7) is 3.97. The van der Waals surface area contributed by atoms with Gasteiger partial charge in [-0.25, -0.2) is 8.42 Å². The topological polar surface area (TPSA) is 75.6 Å². The SMILES string of the molecule is CCOc1ccc(C)cc1S(=O)(=O)Nc1cccc(O)c1. The first-order valence-corrected chi connectivity index (χ1v) is 7.96. The van der Waals surface area contributed by atoms with Crippen molar-refractivity contribution in [2.45, 2.75) is 18.7 Å². The molecule has 0 aromatic heterocycles. The summed E-state index contributed by atoms with van der Waals surface area (Å²) in [5.74, 6) is 0.292. The molecule has 0 heterocycles. The van der Waals surface area contributed by atoms with Crippen LogP contribution in [0.4, 0.5) is 5.69 Å². The number of aromatic hydroxyl groups is 1. The van der Waals surface area contributed by atoms with Gasteiger partial charge in [0.05, 0.1) is 12.3 Å². The maximum absolute atomic E-state index is 12.5. The highest BCUT2D eigenvalue weighted by Gasteiger charge is 2.20. The maximum Gasteiger partial charge on any atom is 0.265 e. The fourth-order valence-corrected chi connectivity index (χ4v) is 3.16. The van der Waals surface area contributed by atoms with Crippen molar-refractivity contribution >= 4 is 15.7 Å². The lowest BCUT2D eigenvalue weighted by Crippen LogP contribution is -2.14. The number of hydrogen-bond acceptors (Lipinski definition) is 4. The molecule has 0 atom stereocenters. The van der Waals surface area contributed by atoms with E-state index < -0.39 is 10.0 Å². The van der Waals surface area contributed by atoms with Crippen LogP contribution in [0.5, 0.6) is 11.5 Å². The summed E-state index contributed by atoms with van der Waals surface area (Å²) in [6, 6.07) is 10.9. The minimum absolute atomic E-state index is 0.00975. The van der Waals surface area contributed by atoms with E-state index in [4.69, 9.17) is 4.74 Å². The molecule has 2 rings (SSSR count). The quantitative estimate of drug-likeness (QED) is 0.890. The molecule has 6 heteroatoms. The zero-order valence-corrected chi connectivity index (χ0v) is 12.6. The number of rotatable bonds is 5. The lowest BCUT2D eigenvalue weighted by Gasteiger charge is -2.13. The fraction of sp³-hybridized carbons (Fsp3) is 0.200. The Labute approximate surface area is 124 Å². The van der Waals surface area contributed by atoms with E-state index >= 15 is 0 Å². The van der Waals surface area contributed by atoms with Crippen molar-refractivity contribution in [1.82, 2.24) is 0 Å². The van der Waals surface area contributed by atoms with Crippen molar-refractivity contribution < 1.29 is 18.3 Å². The summed E-state index contributed by atoms with van der Waals surface area (Å²) in [5, 5.41) is 9.40. The second-order valence-electron chi connectivity index (χ2n) is 4.54. The van der Waals surface area contributed by atoms with E-state index in [1.54, 1.807) is 37.3 Å². The Hall–Kier alpha value is -2.21. The molecule has 21 heavy (non-hydrogen) atoms. The van der Waals surface area contributed by atoms with Crippen LogP contribution in [0, 0.1) is 6.92 Å². The van der Waals surface area contributed by atoms with Crippen LogP contribution >= 0.6 is 0 Å². The second-order valence-corrected chi connectivity index (χ2v) is 6.19. The van der Waals surface area contributed by atoms with E-state index in [0.717, 1.165) is 5.56 Å². The molecule has 2 N–H and O–H groups in total. The first kappa shape index (κ1) is 15.2. The van der Waals surface area contributed by atoms with Crippen LogP contribution < -0.4 is 9.46 Å². The summed E-state index contributed by atoms with van der Waals surface area (Å²) in [6.07, 6.45) is 0. The third-order valence-electron chi connectivity index (χ3n) is 2.79. The fourth-order valence-electron chi connectivity index (χ4n) is 1.88. The van der Waals surface area contributed by atoms with Gasteiger partial charge in [-0.05, 0) is 43.7 Å². The number of hydrogen-bond donors (Lipinski definition) is 2. The van der Waals surface area contributed by atoms with Crippen molar-refractivity contribution in [2.24, 2.45) is 0 Å². The minimum Gasteiger partial charge on any atom is -0.508 e. The predicted molar refractivity (Wildman–Crippen MR) is 81.3 cm³/mol. The zero-order valence-electron chi connectivity index (χ0n) is 11.8. The van der Waals surface area contributed by atoms with Crippen LogP contribution in [0.15, 0.2) is 47.4 Å². The van der Waals surface area contributed by atoms with E-state index in [1.165, 1.54) is 12.1 Å². The molecule has 2 aromatic carbocycles. The van der Waals surface area contributed by atoms with Gasteiger partial charge in [0.1, 0.15) is 16.4 Å². The molecule has 0 aliphatic rings.